The third kappa shape index (κ3) is 5.34. The molecule has 0 fully saturated rings. The molecule has 5 nitrogen and oxygen atoms in total. The number of benzene rings is 2. The molecule has 2 aromatic carbocycles. The number of ether oxygens (including phenoxy) is 2. The number of methoxy groups -OCH3 is 1. The summed E-state index contributed by atoms with van der Waals surface area (Å²) in [5.74, 6) is -0.330. The zero-order chi connectivity index (χ0) is 18.9. The van der Waals surface area contributed by atoms with Crippen LogP contribution in [0.15, 0.2) is 66.9 Å². The maximum absolute atomic E-state index is 12.4. The first kappa shape index (κ1) is 19.0. The summed E-state index contributed by atoms with van der Waals surface area (Å²) in [5, 5.41) is 2.62. The van der Waals surface area contributed by atoms with E-state index in [9.17, 15) is 9.59 Å². The number of carbonyl (C=O) groups excluding carboxylic acids is 2. The van der Waals surface area contributed by atoms with Gasteiger partial charge < -0.3 is 14.8 Å². The highest BCUT2D eigenvalue weighted by molar-refractivity contribution is 6.03. The average Bonchev–Trinajstić information content (AvgIpc) is 2.66. The summed E-state index contributed by atoms with van der Waals surface area (Å²) in [7, 11) is 1.57. The summed E-state index contributed by atoms with van der Waals surface area (Å²) < 4.78 is 10.2. The Morgan fingerprint density at radius 1 is 1.08 bits per heavy atom. The zero-order valence-corrected chi connectivity index (χ0v) is 14.8. The number of hydrogen-bond donors (Lipinski definition) is 1. The number of nitrogens with one attached hydrogen (secondary N) is 1. The van der Waals surface area contributed by atoms with Crippen molar-refractivity contribution in [2.75, 3.05) is 13.7 Å². The molecular weight excluding hydrogens is 330 g/mol. The summed E-state index contributed by atoms with van der Waals surface area (Å²) in [6.07, 6.45) is 3.02. The van der Waals surface area contributed by atoms with Gasteiger partial charge in [-0.15, -0.1) is 0 Å². The summed E-state index contributed by atoms with van der Waals surface area (Å²) in [4.78, 5) is 24.7. The summed E-state index contributed by atoms with van der Waals surface area (Å²) >= 11 is 0. The quantitative estimate of drug-likeness (QED) is 0.471. The van der Waals surface area contributed by atoms with Crippen molar-refractivity contribution in [1.29, 1.82) is 0 Å². The van der Waals surface area contributed by atoms with Crippen LogP contribution in [0.25, 0.3) is 6.08 Å². The molecule has 0 atom stereocenters. The van der Waals surface area contributed by atoms with E-state index in [0.29, 0.717) is 11.3 Å². The Morgan fingerprint density at radius 2 is 1.73 bits per heavy atom. The molecule has 0 bridgehead atoms. The Morgan fingerprint density at radius 3 is 2.31 bits per heavy atom. The Labute approximate surface area is 152 Å². The highest BCUT2D eigenvalue weighted by atomic mass is 16.5. The maximum Gasteiger partial charge on any atom is 0.355 e. The van der Waals surface area contributed by atoms with Crippen LogP contribution in [0.4, 0.5) is 0 Å². The van der Waals surface area contributed by atoms with Crippen molar-refractivity contribution in [2.45, 2.75) is 6.92 Å². The summed E-state index contributed by atoms with van der Waals surface area (Å²) in [6, 6.07) is 14.1. The van der Waals surface area contributed by atoms with Gasteiger partial charge in [-0.1, -0.05) is 42.5 Å². The second kappa shape index (κ2) is 9.22. The van der Waals surface area contributed by atoms with Crippen molar-refractivity contribution >= 4 is 18.0 Å². The maximum atomic E-state index is 12.4. The molecule has 134 valence electrons. The Bertz CT molecular complexity index is 805. The lowest BCUT2D eigenvalue weighted by Crippen LogP contribution is -2.28. The molecule has 1 N–H and O–H groups in total. The normalized spacial score (nSPS) is 10.8. The molecule has 1 amide bonds. The predicted molar refractivity (Wildman–Crippen MR) is 101 cm³/mol. The SMILES string of the molecule is C=CCOC(=O)C(=Cc1ccc(OC)cc1)NC(=O)c1ccc(C)cc1. The van der Waals surface area contributed by atoms with E-state index in [1.54, 1.807) is 49.6 Å². The van der Waals surface area contributed by atoms with Crippen LogP contribution >= 0.6 is 0 Å². The van der Waals surface area contributed by atoms with Gasteiger partial charge in [0.2, 0.25) is 0 Å². The fraction of sp³-hybridized carbons (Fsp3) is 0.143. The number of rotatable bonds is 7. The Kier molecular flexibility index (Phi) is 6.74. The van der Waals surface area contributed by atoms with Crippen molar-refractivity contribution in [1.82, 2.24) is 5.32 Å². The highest BCUT2D eigenvalue weighted by Gasteiger charge is 2.15. The van der Waals surface area contributed by atoms with Gasteiger partial charge in [-0.3, -0.25) is 4.79 Å². The van der Waals surface area contributed by atoms with Crippen molar-refractivity contribution in [2.24, 2.45) is 0 Å². The van der Waals surface area contributed by atoms with E-state index in [-0.39, 0.29) is 18.2 Å². The molecule has 2 rings (SSSR count). The van der Waals surface area contributed by atoms with E-state index >= 15 is 0 Å². The lowest BCUT2D eigenvalue weighted by molar-refractivity contribution is -0.138. The molecule has 26 heavy (non-hydrogen) atoms. The van der Waals surface area contributed by atoms with E-state index in [1.165, 1.54) is 6.08 Å². The number of carbonyl (C=O) groups is 2. The smallest absolute Gasteiger partial charge is 0.355 e. The molecule has 0 aliphatic rings. The van der Waals surface area contributed by atoms with Crippen LogP contribution in [0.3, 0.4) is 0 Å². The monoisotopic (exact) mass is 351 g/mol. The minimum Gasteiger partial charge on any atom is -0.497 e. The number of esters is 1. The van der Waals surface area contributed by atoms with E-state index in [2.05, 4.69) is 11.9 Å². The van der Waals surface area contributed by atoms with Gasteiger partial charge in [0.1, 0.15) is 18.1 Å². The minimum absolute atomic E-state index is 0.0441. The first-order chi connectivity index (χ1) is 12.5. The molecule has 0 saturated heterocycles. The number of aryl methyl sites for hydroxylation is 1. The van der Waals surface area contributed by atoms with E-state index in [0.717, 1.165) is 11.1 Å². The Hall–Kier alpha value is -3.34. The lowest BCUT2D eigenvalue weighted by Gasteiger charge is -2.10. The van der Waals surface area contributed by atoms with Crippen LogP contribution in [0.1, 0.15) is 21.5 Å². The standard InChI is InChI=1S/C21H21NO4/c1-4-13-26-21(24)19(14-16-7-11-18(25-3)12-8-16)22-20(23)17-9-5-15(2)6-10-17/h4-12,14H,1,13H2,2-3H3,(H,22,23). The van der Waals surface area contributed by atoms with E-state index in [4.69, 9.17) is 9.47 Å². The molecule has 0 aliphatic heterocycles. The lowest BCUT2D eigenvalue weighted by atomic mass is 10.1. The van der Waals surface area contributed by atoms with Gasteiger partial charge in [0.25, 0.3) is 5.91 Å². The van der Waals surface area contributed by atoms with Gasteiger partial charge in [-0.25, -0.2) is 4.79 Å². The van der Waals surface area contributed by atoms with Crippen LogP contribution in [0, 0.1) is 6.92 Å². The fourth-order valence-electron chi connectivity index (χ4n) is 2.12. The molecule has 2 aromatic rings. The molecule has 0 heterocycles. The molecule has 0 saturated carbocycles. The third-order valence-corrected chi connectivity index (χ3v) is 3.54. The molecule has 0 aliphatic carbocycles. The second-order valence-electron chi connectivity index (χ2n) is 5.54. The first-order valence-corrected chi connectivity index (χ1v) is 8.05. The van der Waals surface area contributed by atoms with Gasteiger partial charge in [-0.05, 0) is 42.8 Å². The average molecular weight is 351 g/mol. The second-order valence-corrected chi connectivity index (χ2v) is 5.54. The van der Waals surface area contributed by atoms with Gasteiger partial charge in [0.15, 0.2) is 0 Å². The van der Waals surface area contributed by atoms with Crippen LogP contribution in [0.2, 0.25) is 0 Å². The molecule has 0 spiro atoms. The first-order valence-electron chi connectivity index (χ1n) is 8.05. The van der Waals surface area contributed by atoms with Crippen molar-refractivity contribution in [3.05, 3.63) is 83.6 Å². The summed E-state index contributed by atoms with van der Waals surface area (Å²) in [6.45, 7) is 5.50. The van der Waals surface area contributed by atoms with Crippen molar-refractivity contribution in [3.8, 4) is 5.75 Å². The molecule has 0 aromatic heterocycles. The van der Waals surface area contributed by atoms with Gasteiger partial charge in [0.05, 0.1) is 7.11 Å². The van der Waals surface area contributed by atoms with Gasteiger partial charge in [0, 0.05) is 5.56 Å². The minimum atomic E-state index is -0.638. The number of hydrogen-bond acceptors (Lipinski definition) is 4. The van der Waals surface area contributed by atoms with Gasteiger partial charge >= 0.3 is 5.97 Å². The van der Waals surface area contributed by atoms with Crippen LogP contribution < -0.4 is 10.1 Å². The fourth-order valence-corrected chi connectivity index (χ4v) is 2.12. The topological polar surface area (TPSA) is 64.6 Å². The molecule has 5 heteroatoms. The largest absolute Gasteiger partial charge is 0.497 e. The van der Waals surface area contributed by atoms with Crippen LogP contribution in [-0.2, 0) is 9.53 Å². The zero-order valence-electron chi connectivity index (χ0n) is 14.8. The predicted octanol–water partition coefficient (Wildman–Crippen LogP) is 3.50. The van der Waals surface area contributed by atoms with Crippen LogP contribution in [-0.4, -0.2) is 25.6 Å². The summed E-state index contributed by atoms with van der Waals surface area (Å²) in [5.41, 5.74) is 2.26. The van der Waals surface area contributed by atoms with E-state index < -0.39 is 5.97 Å². The molecular formula is C21H21NO4. The van der Waals surface area contributed by atoms with Crippen molar-refractivity contribution < 1.29 is 19.1 Å². The third-order valence-electron chi connectivity index (χ3n) is 3.54. The highest BCUT2D eigenvalue weighted by Crippen LogP contribution is 2.14. The molecule has 0 unspecified atom stereocenters. The van der Waals surface area contributed by atoms with E-state index in [1.807, 2.05) is 19.1 Å². The number of amides is 1. The van der Waals surface area contributed by atoms with Crippen LogP contribution in [0.5, 0.6) is 5.75 Å². The molecule has 0 radical (unpaired) electrons. The Balaban J connectivity index is 2.25. The van der Waals surface area contributed by atoms with Gasteiger partial charge in [-0.2, -0.15) is 0 Å². The van der Waals surface area contributed by atoms with Crippen molar-refractivity contribution in [3.63, 3.8) is 0 Å².